The van der Waals surface area contributed by atoms with Crippen molar-refractivity contribution in [2.75, 3.05) is 25.0 Å². The molecule has 1 saturated heterocycles. The van der Waals surface area contributed by atoms with E-state index in [0.29, 0.717) is 6.04 Å². The number of hydrogen-bond acceptors (Lipinski definition) is 4. The molecular formula is C16H21N3S. The van der Waals surface area contributed by atoms with Gasteiger partial charge in [0.15, 0.2) is 5.13 Å². The summed E-state index contributed by atoms with van der Waals surface area (Å²) in [5.41, 5.74) is 1.25. The lowest BCUT2D eigenvalue weighted by Crippen LogP contribution is -2.38. The number of nitrogens with one attached hydrogen (secondary N) is 1. The molecule has 1 N–H and O–H groups in total. The molecule has 0 unspecified atom stereocenters. The van der Waals surface area contributed by atoms with Crippen LogP contribution in [0.3, 0.4) is 0 Å². The van der Waals surface area contributed by atoms with Crippen LogP contribution in [0, 0.1) is 0 Å². The molecule has 0 spiro atoms. The lowest BCUT2D eigenvalue weighted by Gasteiger charge is -2.31. The van der Waals surface area contributed by atoms with E-state index in [9.17, 15) is 0 Å². The van der Waals surface area contributed by atoms with Gasteiger partial charge in [-0.15, -0.1) is 0 Å². The first-order valence-electron chi connectivity index (χ1n) is 7.35. The van der Waals surface area contributed by atoms with E-state index in [1.807, 2.05) is 12.3 Å². The van der Waals surface area contributed by atoms with Gasteiger partial charge in [0.2, 0.25) is 0 Å². The van der Waals surface area contributed by atoms with Crippen molar-refractivity contribution in [3.8, 4) is 10.4 Å². The highest BCUT2D eigenvalue weighted by Gasteiger charge is 2.18. The maximum atomic E-state index is 4.52. The van der Waals surface area contributed by atoms with Gasteiger partial charge < -0.3 is 10.2 Å². The minimum atomic E-state index is 0.576. The molecule has 0 bridgehead atoms. The smallest absolute Gasteiger partial charge is 0.183 e. The van der Waals surface area contributed by atoms with E-state index in [1.54, 1.807) is 11.3 Å². The van der Waals surface area contributed by atoms with Crippen LogP contribution in [0.4, 0.5) is 5.13 Å². The minimum absolute atomic E-state index is 0.576. The zero-order chi connectivity index (χ0) is 13.8. The van der Waals surface area contributed by atoms with Crippen molar-refractivity contribution in [1.82, 2.24) is 9.88 Å². The number of rotatable bonds is 4. The fraction of sp³-hybridized carbons (Fsp3) is 0.438. The molecule has 3 nitrogen and oxygen atoms in total. The van der Waals surface area contributed by atoms with Crippen molar-refractivity contribution >= 4 is 16.5 Å². The zero-order valence-corrected chi connectivity index (χ0v) is 12.7. The van der Waals surface area contributed by atoms with Crippen molar-refractivity contribution < 1.29 is 0 Å². The summed E-state index contributed by atoms with van der Waals surface area (Å²) in [5.74, 6) is 0. The van der Waals surface area contributed by atoms with E-state index in [1.165, 1.54) is 42.9 Å². The average molecular weight is 287 g/mol. The Morgan fingerprint density at radius 1 is 1.25 bits per heavy atom. The Balaban J connectivity index is 1.61. The second kappa shape index (κ2) is 6.37. The largest absolute Gasteiger partial charge is 0.359 e. The van der Waals surface area contributed by atoms with E-state index < -0.39 is 0 Å². The van der Waals surface area contributed by atoms with Crippen LogP contribution in [0.1, 0.15) is 19.8 Å². The Hall–Kier alpha value is -1.39. The number of aromatic nitrogens is 1. The summed E-state index contributed by atoms with van der Waals surface area (Å²) in [4.78, 5) is 8.26. The Morgan fingerprint density at radius 3 is 2.70 bits per heavy atom. The molecule has 3 rings (SSSR count). The third-order valence-electron chi connectivity index (χ3n) is 3.93. The molecule has 1 aromatic carbocycles. The summed E-state index contributed by atoms with van der Waals surface area (Å²) in [5, 5.41) is 4.65. The maximum absolute atomic E-state index is 4.52. The Kier molecular flexibility index (Phi) is 4.33. The summed E-state index contributed by atoms with van der Waals surface area (Å²) in [6.45, 7) is 5.80. The van der Waals surface area contributed by atoms with Gasteiger partial charge in [0.05, 0.1) is 4.88 Å². The normalized spacial score (nSPS) is 17.2. The predicted molar refractivity (Wildman–Crippen MR) is 86.3 cm³/mol. The van der Waals surface area contributed by atoms with Crippen molar-refractivity contribution in [2.45, 2.75) is 25.8 Å². The molecular weight excluding hydrogens is 266 g/mol. The van der Waals surface area contributed by atoms with Crippen molar-refractivity contribution in [2.24, 2.45) is 0 Å². The SMILES string of the molecule is CCN1CCC(Nc2ncc(-c3ccccc3)s2)CC1. The molecule has 1 aliphatic rings. The number of anilines is 1. The number of benzene rings is 1. The Morgan fingerprint density at radius 2 is 2.00 bits per heavy atom. The molecule has 1 aliphatic heterocycles. The molecule has 2 heterocycles. The zero-order valence-electron chi connectivity index (χ0n) is 11.9. The van der Waals surface area contributed by atoms with Crippen LogP contribution in [0.25, 0.3) is 10.4 Å². The number of piperidine rings is 1. The van der Waals surface area contributed by atoms with Gasteiger partial charge in [-0.1, -0.05) is 48.6 Å². The van der Waals surface area contributed by atoms with Crippen LogP contribution in [-0.4, -0.2) is 35.6 Å². The summed E-state index contributed by atoms with van der Waals surface area (Å²) in [7, 11) is 0. The third kappa shape index (κ3) is 3.19. The fourth-order valence-corrected chi connectivity index (χ4v) is 3.54. The molecule has 0 amide bonds. The molecule has 0 radical (unpaired) electrons. The van der Waals surface area contributed by atoms with Crippen LogP contribution in [0.2, 0.25) is 0 Å². The van der Waals surface area contributed by atoms with Gasteiger partial charge in [0, 0.05) is 25.3 Å². The molecule has 106 valence electrons. The van der Waals surface area contributed by atoms with Crippen molar-refractivity contribution in [1.29, 1.82) is 0 Å². The van der Waals surface area contributed by atoms with Crippen LogP contribution in [0.15, 0.2) is 36.5 Å². The van der Waals surface area contributed by atoms with Crippen molar-refractivity contribution in [3.63, 3.8) is 0 Å². The quantitative estimate of drug-likeness (QED) is 0.929. The maximum Gasteiger partial charge on any atom is 0.183 e. The predicted octanol–water partition coefficient (Wildman–Crippen LogP) is 3.71. The van der Waals surface area contributed by atoms with Gasteiger partial charge >= 0.3 is 0 Å². The molecule has 0 atom stereocenters. The van der Waals surface area contributed by atoms with Gasteiger partial charge in [-0.2, -0.15) is 0 Å². The molecule has 1 aromatic heterocycles. The van der Waals surface area contributed by atoms with Gasteiger partial charge in [-0.05, 0) is 24.9 Å². The monoisotopic (exact) mass is 287 g/mol. The summed E-state index contributed by atoms with van der Waals surface area (Å²) >= 11 is 1.75. The second-order valence-corrected chi connectivity index (χ2v) is 6.28. The fourth-order valence-electron chi connectivity index (χ4n) is 2.64. The second-order valence-electron chi connectivity index (χ2n) is 5.25. The highest BCUT2D eigenvalue weighted by atomic mass is 32.1. The molecule has 4 heteroatoms. The number of thiazole rings is 1. The average Bonchev–Trinajstić information content (AvgIpc) is 2.97. The van der Waals surface area contributed by atoms with Gasteiger partial charge in [-0.3, -0.25) is 0 Å². The van der Waals surface area contributed by atoms with E-state index >= 15 is 0 Å². The topological polar surface area (TPSA) is 28.2 Å². The summed E-state index contributed by atoms with van der Waals surface area (Å²) < 4.78 is 0. The minimum Gasteiger partial charge on any atom is -0.359 e. The number of nitrogens with zero attached hydrogens (tertiary/aromatic N) is 2. The molecule has 0 saturated carbocycles. The lowest BCUT2D eigenvalue weighted by molar-refractivity contribution is 0.229. The Bertz CT molecular complexity index is 530. The van der Waals surface area contributed by atoms with E-state index in [-0.39, 0.29) is 0 Å². The first-order valence-corrected chi connectivity index (χ1v) is 8.17. The van der Waals surface area contributed by atoms with Crippen LogP contribution < -0.4 is 5.32 Å². The van der Waals surface area contributed by atoms with Crippen LogP contribution in [-0.2, 0) is 0 Å². The summed E-state index contributed by atoms with van der Waals surface area (Å²) in [6, 6.07) is 11.0. The van der Waals surface area contributed by atoms with Crippen LogP contribution >= 0.6 is 11.3 Å². The molecule has 1 fully saturated rings. The standard InChI is InChI=1S/C16H21N3S/c1-2-19-10-8-14(9-11-19)18-16-17-12-15(20-16)13-6-4-3-5-7-13/h3-7,12,14H,2,8-11H2,1H3,(H,17,18). The van der Waals surface area contributed by atoms with Crippen LogP contribution in [0.5, 0.6) is 0 Å². The summed E-state index contributed by atoms with van der Waals surface area (Å²) in [6.07, 6.45) is 4.41. The highest BCUT2D eigenvalue weighted by molar-refractivity contribution is 7.18. The molecule has 20 heavy (non-hydrogen) atoms. The third-order valence-corrected chi connectivity index (χ3v) is 4.90. The number of hydrogen-bond donors (Lipinski definition) is 1. The lowest BCUT2D eigenvalue weighted by atomic mass is 10.1. The Labute approximate surface area is 124 Å². The van der Waals surface area contributed by atoms with Gasteiger partial charge in [0.25, 0.3) is 0 Å². The van der Waals surface area contributed by atoms with E-state index in [0.717, 1.165) is 5.13 Å². The first kappa shape index (κ1) is 13.6. The van der Waals surface area contributed by atoms with E-state index in [4.69, 9.17) is 0 Å². The van der Waals surface area contributed by atoms with Crippen molar-refractivity contribution in [3.05, 3.63) is 36.5 Å². The van der Waals surface area contributed by atoms with E-state index in [2.05, 4.69) is 46.4 Å². The number of likely N-dealkylation sites (tertiary alicyclic amines) is 1. The highest BCUT2D eigenvalue weighted by Crippen LogP contribution is 2.29. The molecule has 0 aliphatic carbocycles. The van der Waals surface area contributed by atoms with Gasteiger partial charge in [0.1, 0.15) is 0 Å². The first-order chi connectivity index (χ1) is 9.85. The van der Waals surface area contributed by atoms with Gasteiger partial charge in [-0.25, -0.2) is 4.98 Å². The molecule has 2 aromatic rings.